The van der Waals surface area contributed by atoms with Crippen LogP contribution in [0.1, 0.15) is 5.56 Å². The molecule has 2 heterocycles. The van der Waals surface area contributed by atoms with Gasteiger partial charge in [0.15, 0.2) is 0 Å². The van der Waals surface area contributed by atoms with Crippen LogP contribution in [0.25, 0.3) is 10.9 Å². The molecule has 0 aliphatic carbocycles. The standard InChI is InChI=1S/C21H16BrFN4O/c22-17-12-15(4-5-18(17)23)25-21(28)26-19-2-1-3-20-16(19)8-11-27(20)13-14-6-9-24-10-7-14/h1-12H,13H2,(H2,25,26,28). The highest BCUT2D eigenvalue weighted by atomic mass is 79.9. The number of carbonyl (C=O) groups excluding carboxylic acids is 1. The van der Waals surface area contributed by atoms with Gasteiger partial charge in [-0.3, -0.25) is 4.98 Å². The van der Waals surface area contributed by atoms with E-state index in [9.17, 15) is 9.18 Å². The van der Waals surface area contributed by atoms with E-state index in [4.69, 9.17) is 0 Å². The van der Waals surface area contributed by atoms with E-state index in [1.165, 1.54) is 18.2 Å². The first-order valence-electron chi connectivity index (χ1n) is 8.60. The monoisotopic (exact) mass is 438 g/mol. The number of hydrogen-bond acceptors (Lipinski definition) is 2. The average molecular weight is 439 g/mol. The van der Waals surface area contributed by atoms with E-state index < -0.39 is 6.03 Å². The number of amides is 2. The molecule has 28 heavy (non-hydrogen) atoms. The van der Waals surface area contributed by atoms with Gasteiger partial charge in [-0.05, 0) is 70.0 Å². The molecule has 5 nitrogen and oxygen atoms in total. The Labute approximate surface area is 169 Å². The molecule has 2 aromatic carbocycles. The zero-order chi connectivity index (χ0) is 19.5. The highest BCUT2D eigenvalue weighted by Gasteiger charge is 2.10. The van der Waals surface area contributed by atoms with Crippen molar-refractivity contribution in [2.24, 2.45) is 0 Å². The first-order valence-corrected chi connectivity index (χ1v) is 9.39. The maximum atomic E-state index is 13.3. The fraction of sp³-hybridized carbons (Fsp3) is 0.0476. The van der Waals surface area contributed by atoms with Crippen LogP contribution in [-0.2, 0) is 6.54 Å². The smallest absolute Gasteiger partial charge is 0.323 e. The lowest BCUT2D eigenvalue weighted by atomic mass is 10.2. The van der Waals surface area contributed by atoms with E-state index in [-0.39, 0.29) is 5.82 Å². The summed E-state index contributed by atoms with van der Waals surface area (Å²) in [4.78, 5) is 16.4. The predicted octanol–water partition coefficient (Wildman–Crippen LogP) is 5.63. The van der Waals surface area contributed by atoms with Gasteiger partial charge in [0, 0.05) is 36.2 Å². The number of urea groups is 1. The lowest BCUT2D eigenvalue weighted by molar-refractivity contribution is 0.262. The van der Waals surface area contributed by atoms with Crippen molar-refractivity contribution in [1.29, 1.82) is 0 Å². The molecule has 140 valence electrons. The number of anilines is 2. The topological polar surface area (TPSA) is 59.0 Å². The van der Waals surface area contributed by atoms with Crippen LogP contribution in [0.2, 0.25) is 0 Å². The largest absolute Gasteiger partial charge is 0.343 e. The summed E-state index contributed by atoms with van der Waals surface area (Å²) in [7, 11) is 0. The summed E-state index contributed by atoms with van der Waals surface area (Å²) < 4.78 is 15.7. The van der Waals surface area contributed by atoms with Gasteiger partial charge in [0.1, 0.15) is 5.82 Å². The SMILES string of the molecule is O=C(Nc1ccc(F)c(Br)c1)Nc1cccc2c1ccn2Cc1ccncc1. The van der Waals surface area contributed by atoms with E-state index in [0.29, 0.717) is 22.4 Å². The number of nitrogens with one attached hydrogen (secondary N) is 2. The predicted molar refractivity (Wildman–Crippen MR) is 112 cm³/mol. The quantitative estimate of drug-likeness (QED) is 0.433. The minimum absolute atomic E-state index is 0.292. The molecule has 0 radical (unpaired) electrons. The Hall–Kier alpha value is -3.19. The molecule has 0 bridgehead atoms. The van der Waals surface area contributed by atoms with Gasteiger partial charge in [0.25, 0.3) is 0 Å². The molecule has 0 aliphatic heterocycles. The molecular weight excluding hydrogens is 423 g/mol. The molecular formula is C21H16BrFN4O. The third-order valence-electron chi connectivity index (χ3n) is 4.34. The van der Waals surface area contributed by atoms with Gasteiger partial charge >= 0.3 is 6.03 Å². The number of rotatable bonds is 4. The van der Waals surface area contributed by atoms with Gasteiger partial charge in [0.2, 0.25) is 0 Å². The van der Waals surface area contributed by atoms with Crippen molar-refractivity contribution in [3.8, 4) is 0 Å². The molecule has 0 spiro atoms. The summed E-state index contributed by atoms with van der Waals surface area (Å²) in [6.45, 7) is 0.714. The van der Waals surface area contributed by atoms with Gasteiger partial charge in [-0.2, -0.15) is 0 Å². The number of fused-ring (bicyclic) bond motifs is 1. The van der Waals surface area contributed by atoms with E-state index in [0.717, 1.165) is 16.5 Å². The third-order valence-corrected chi connectivity index (χ3v) is 4.95. The number of carbonyl (C=O) groups is 1. The third kappa shape index (κ3) is 3.89. The molecule has 0 atom stereocenters. The van der Waals surface area contributed by atoms with Crippen molar-refractivity contribution in [3.05, 3.63) is 89.0 Å². The minimum Gasteiger partial charge on any atom is -0.343 e. The lowest BCUT2D eigenvalue weighted by Crippen LogP contribution is -2.19. The van der Waals surface area contributed by atoms with E-state index in [1.807, 2.05) is 42.6 Å². The summed E-state index contributed by atoms with van der Waals surface area (Å²) >= 11 is 3.11. The van der Waals surface area contributed by atoms with E-state index in [2.05, 4.69) is 36.1 Å². The molecule has 2 aromatic heterocycles. The summed E-state index contributed by atoms with van der Waals surface area (Å²) in [6, 6.07) is 15.6. The Balaban J connectivity index is 1.54. The first kappa shape index (κ1) is 18.2. The number of benzene rings is 2. The van der Waals surface area contributed by atoms with Gasteiger partial charge in [-0.25, -0.2) is 9.18 Å². The Kier molecular flexibility index (Phi) is 5.08. The highest BCUT2D eigenvalue weighted by Crippen LogP contribution is 2.26. The molecule has 4 aromatic rings. The van der Waals surface area contributed by atoms with Crippen LogP contribution in [0.3, 0.4) is 0 Å². The second-order valence-electron chi connectivity index (χ2n) is 6.25. The van der Waals surface area contributed by atoms with Gasteiger partial charge in [-0.1, -0.05) is 6.07 Å². The molecule has 0 fully saturated rings. The Bertz CT molecular complexity index is 1140. The number of hydrogen-bond donors (Lipinski definition) is 2. The highest BCUT2D eigenvalue weighted by molar-refractivity contribution is 9.10. The first-order chi connectivity index (χ1) is 13.6. The maximum Gasteiger partial charge on any atom is 0.323 e. The fourth-order valence-electron chi connectivity index (χ4n) is 3.01. The zero-order valence-electron chi connectivity index (χ0n) is 14.7. The van der Waals surface area contributed by atoms with Crippen molar-refractivity contribution in [1.82, 2.24) is 9.55 Å². The molecule has 0 saturated carbocycles. The van der Waals surface area contributed by atoms with Crippen LogP contribution in [-0.4, -0.2) is 15.6 Å². The van der Waals surface area contributed by atoms with Crippen molar-refractivity contribution in [3.63, 3.8) is 0 Å². The second kappa shape index (κ2) is 7.82. The van der Waals surface area contributed by atoms with Crippen molar-refractivity contribution in [2.75, 3.05) is 10.6 Å². The molecule has 0 saturated heterocycles. The summed E-state index contributed by atoms with van der Waals surface area (Å²) in [5.74, 6) is -0.383. The number of pyridine rings is 1. The van der Waals surface area contributed by atoms with Crippen LogP contribution in [0.15, 0.2) is 77.7 Å². The van der Waals surface area contributed by atoms with Crippen LogP contribution < -0.4 is 10.6 Å². The van der Waals surface area contributed by atoms with Gasteiger partial charge in [0.05, 0.1) is 15.7 Å². The van der Waals surface area contributed by atoms with Crippen LogP contribution in [0, 0.1) is 5.82 Å². The van der Waals surface area contributed by atoms with Crippen molar-refractivity contribution >= 4 is 44.2 Å². The number of halogens is 2. The number of aromatic nitrogens is 2. The van der Waals surface area contributed by atoms with Crippen LogP contribution in [0.4, 0.5) is 20.6 Å². The molecule has 0 unspecified atom stereocenters. The maximum absolute atomic E-state index is 13.3. The summed E-state index contributed by atoms with van der Waals surface area (Å²) in [5.41, 5.74) is 3.35. The number of nitrogens with zero attached hydrogens (tertiary/aromatic N) is 2. The van der Waals surface area contributed by atoms with Gasteiger partial charge in [-0.15, -0.1) is 0 Å². The van der Waals surface area contributed by atoms with Gasteiger partial charge < -0.3 is 15.2 Å². The zero-order valence-corrected chi connectivity index (χ0v) is 16.3. The van der Waals surface area contributed by atoms with Crippen LogP contribution in [0.5, 0.6) is 0 Å². The molecule has 7 heteroatoms. The minimum atomic E-state index is -0.395. The van der Waals surface area contributed by atoms with E-state index >= 15 is 0 Å². The Morgan fingerprint density at radius 1 is 1.07 bits per heavy atom. The second-order valence-corrected chi connectivity index (χ2v) is 7.10. The average Bonchev–Trinajstić information content (AvgIpc) is 3.09. The lowest BCUT2D eigenvalue weighted by Gasteiger charge is -2.10. The van der Waals surface area contributed by atoms with Crippen molar-refractivity contribution in [2.45, 2.75) is 6.54 Å². The summed E-state index contributed by atoms with van der Waals surface area (Å²) in [5, 5.41) is 6.51. The fourth-order valence-corrected chi connectivity index (χ4v) is 3.39. The van der Waals surface area contributed by atoms with Crippen molar-refractivity contribution < 1.29 is 9.18 Å². The molecule has 2 amide bonds. The van der Waals surface area contributed by atoms with Crippen LogP contribution >= 0.6 is 15.9 Å². The normalized spacial score (nSPS) is 10.8. The van der Waals surface area contributed by atoms with E-state index in [1.54, 1.807) is 12.4 Å². The Morgan fingerprint density at radius 2 is 1.89 bits per heavy atom. The molecule has 0 aliphatic rings. The molecule has 4 rings (SSSR count). The Morgan fingerprint density at radius 3 is 2.68 bits per heavy atom. The molecule has 2 N–H and O–H groups in total. The summed E-state index contributed by atoms with van der Waals surface area (Å²) in [6.07, 6.45) is 5.53.